The highest BCUT2D eigenvalue weighted by Crippen LogP contribution is 2.29. The van der Waals surface area contributed by atoms with E-state index in [4.69, 9.17) is 0 Å². The van der Waals surface area contributed by atoms with Gasteiger partial charge in [-0.2, -0.15) is 0 Å². The number of aromatic amines is 1. The first-order valence-electron chi connectivity index (χ1n) is 11.2. The number of fused-ring (bicyclic) bond motifs is 1. The number of H-pyrrole nitrogens is 1. The number of aryl methyl sites for hydroxylation is 1. The van der Waals surface area contributed by atoms with Gasteiger partial charge in [-0.05, 0) is 55.0 Å². The van der Waals surface area contributed by atoms with Crippen LogP contribution in [0.2, 0.25) is 0 Å². The molecule has 1 aliphatic carbocycles. The van der Waals surface area contributed by atoms with Crippen LogP contribution in [0.3, 0.4) is 0 Å². The fourth-order valence-electron chi connectivity index (χ4n) is 4.46. The van der Waals surface area contributed by atoms with E-state index in [1.807, 2.05) is 19.1 Å². The zero-order valence-electron chi connectivity index (χ0n) is 19.0. The molecule has 1 amide bonds. The Morgan fingerprint density at radius 1 is 1.09 bits per heavy atom. The molecule has 4 rings (SSSR count). The molecule has 1 saturated carbocycles. The highest BCUT2D eigenvalue weighted by Gasteiger charge is 2.29. The van der Waals surface area contributed by atoms with Crippen LogP contribution < -0.4 is 15.5 Å². The van der Waals surface area contributed by atoms with Gasteiger partial charge in [-0.1, -0.05) is 44.9 Å². The van der Waals surface area contributed by atoms with E-state index in [0.717, 1.165) is 24.8 Å². The molecule has 7 nitrogen and oxygen atoms in total. The minimum Gasteiger partial charge on any atom is -0.360 e. The monoisotopic (exact) mass is 467 g/mol. The lowest BCUT2D eigenvalue weighted by Gasteiger charge is -2.34. The van der Waals surface area contributed by atoms with E-state index in [1.165, 1.54) is 24.4 Å². The van der Waals surface area contributed by atoms with Gasteiger partial charge in [0.2, 0.25) is 5.43 Å². The average molecular weight is 468 g/mol. The predicted octanol–water partition coefficient (Wildman–Crippen LogP) is 4.19. The van der Waals surface area contributed by atoms with Crippen molar-refractivity contribution in [2.75, 3.05) is 4.72 Å². The molecular formula is C25H29N3O4S. The van der Waals surface area contributed by atoms with Crippen LogP contribution in [0.5, 0.6) is 0 Å². The standard InChI is InChI=1S/C25H29N3O4S/c1-15-8-6-10-22(17(15)3)27-25(30)20-14-26-23-12-11-18(13-19(23)24(20)29)33(31,32)28-21-9-5-4-7-16(21)2/h4-5,7,9,11-15,17,22,28H,6,8,10H2,1-3H3,(H,26,29)(H,27,30)/t15-,17+,22-/m1/s1. The third-order valence-corrected chi connectivity index (χ3v) is 8.18. The Hall–Kier alpha value is -3.13. The summed E-state index contributed by atoms with van der Waals surface area (Å²) in [6.45, 7) is 6.11. The van der Waals surface area contributed by atoms with Gasteiger partial charge in [-0.15, -0.1) is 0 Å². The summed E-state index contributed by atoms with van der Waals surface area (Å²) in [6, 6.07) is 11.4. The van der Waals surface area contributed by atoms with Crippen molar-refractivity contribution in [2.24, 2.45) is 11.8 Å². The van der Waals surface area contributed by atoms with E-state index < -0.39 is 21.4 Å². The molecule has 0 saturated heterocycles. The Morgan fingerprint density at radius 2 is 1.85 bits per heavy atom. The molecule has 3 atom stereocenters. The maximum Gasteiger partial charge on any atom is 0.261 e. The highest BCUT2D eigenvalue weighted by atomic mass is 32.2. The van der Waals surface area contributed by atoms with Crippen molar-refractivity contribution < 1.29 is 13.2 Å². The highest BCUT2D eigenvalue weighted by molar-refractivity contribution is 7.92. The van der Waals surface area contributed by atoms with Crippen molar-refractivity contribution >= 4 is 32.5 Å². The maximum atomic E-state index is 13.2. The van der Waals surface area contributed by atoms with Gasteiger partial charge in [0.25, 0.3) is 15.9 Å². The summed E-state index contributed by atoms with van der Waals surface area (Å²) in [4.78, 5) is 29.0. The number of rotatable bonds is 5. The molecule has 33 heavy (non-hydrogen) atoms. The minimum atomic E-state index is -3.92. The molecule has 1 heterocycles. The summed E-state index contributed by atoms with van der Waals surface area (Å²) in [7, 11) is -3.92. The number of anilines is 1. The number of hydrogen-bond acceptors (Lipinski definition) is 4. The fourth-order valence-corrected chi connectivity index (χ4v) is 5.61. The van der Waals surface area contributed by atoms with Gasteiger partial charge < -0.3 is 10.3 Å². The molecule has 0 unspecified atom stereocenters. The second-order valence-corrected chi connectivity index (χ2v) is 10.7. The summed E-state index contributed by atoms with van der Waals surface area (Å²) >= 11 is 0. The smallest absolute Gasteiger partial charge is 0.261 e. The molecule has 174 valence electrons. The Labute approximate surface area is 193 Å². The normalized spacial score (nSPS) is 21.0. The van der Waals surface area contributed by atoms with Crippen LogP contribution in [0.1, 0.15) is 49.0 Å². The van der Waals surface area contributed by atoms with E-state index in [-0.39, 0.29) is 21.9 Å². The number of amides is 1. The third-order valence-electron chi connectivity index (χ3n) is 6.82. The average Bonchev–Trinajstić information content (AvgIpc) is 2.78. The Balaban J connectivity index is 1.65. The first kappa shape index (κ1) is 23.0. The molecule has 1 aromatic heterocycles. The molecule has 8 heteroatoms. The van der Waals surface area contributed by atoms with Gasteiger partial charge >= 0.3 is 0 Å². The van der Waals surface area contributed by atoms with Crippen LogP contribution in [0, 0.1) is 18.8 Å². The second kappa shape index (κ2) is 9.02. The summed E-state index contributed by atoms with van der Waals surface area (Å²) in [5.74, 6) is 0.398. The van der Waals surface area contributed by atoms with Crippen molar-refractivity contribution in [1.82, 2.24) is 10.3 Å². The summed E-state index contributed by atoms with van der Waals surface area (Å²) in [6.07, 6.45) is 4.46. The Morgan fingerprint density at radius 3 is 2.61 bits per heavy atom. The number of pyridine rings is 1. The molecular weight excluding hydrogens is 438 g/mol. The van der Waals surface area contributed by atoms with Gasteiger partial charge in [0.05, 0.1) is 10.6 Å². The lowest BCUT2D eigenvalue weighted by Crippen LogP contribution is -2.44. The maximum absolute atomic E-state index is 13.2. The molecule has 1 aliphatic rings. The Bertz CT molecular complexity index is 1360. The molecule has 1 fully saturated rings. The van der Waals surface area contributed by atoms with Crippen LogP contribution >= 0.6 is 0 Å². The number of hydrogen-bond donors (Lipinski definition) is 3. The van der Waals surface area contributed by atoms with E-state index in [0.29, 0.717) is 23.0 Å². The van der Waals surface area contributed by atoms with Crippen molar-refractivity contribution in [2.45, 2.75) is 51.0 Å². The minimum absolute atomic E-state index is 0.0152. The van der Waals surface area contributed by atoms with Crippen molar-refractivity contribution in [1.29, 1.82) is 0 Å². The summed E-state index contributed by atoms with van der Waals surface area (Å²) < 4.78 is 28.5. The predicted molar refractivity (Wildman–Crippen MR) is 130 cm³/mol. The summed E-state index contributed by atoms with van der Waals surface area (Å²) in [5.41, 5.74) is 1.20. The van der Waals surface area contributed by atoms with Gasteiger partial charge in [0.1, 0.15) is 5.56 Å². The van der Waals surface area contributed by atoms with Gasteiger partial charge in [-0.25, -0.2) is 8.42 Å². The fraction of sp³-hybridized carbons (Fsp3) is 0.360. The van der Waals surface area contributed by atoms with E-state index in [2.05, 4.69) is 28.9 Å². The molecule has 3 aromatic rings. The van der Waals surface area contributed by atoms with E-state index >= 15 is 0 Å². The first-order valence-corrected chi connectivity index (χ1v) is 12.7. The SMILES string of the molecule is Cc1ccccc1NS(=O)(=O)c1ccc2[nH]cc(C(=O)N[C@@H]3CCC[C@@H](C)[C@@H]3C)c(=O)c2c1. The molecule has 3 N–H and O–H groups in total. The zero-order valence-corrected chi connectivity index (χ0v) is 19.8. The number of benzene rings is 2. The van der Waals surface area contributed by atoms with Crippen LogP contribution in [0.4, 0.5) is 5.69 Å². The van der Waals surface area contributed by atoms with Crippen molar-refractivity contribution in [3.05, 3.63) is 70.0 Å². The molecule has 2 aromatic carbocycles. The van der Waals surface area contributed by atoms with Gasteiger partial charge in [-0.3, -0.25) is 14.3 Å². The number of carbonyl (C=O) groups excluding carboxylic acids is 1. The van der Waals surface area contributed by atoms with Crippen LogP contribution in [0.15, 0.2) is 58.4 Å². The number of sulfonamides is 1. The van der Waals surface area contributed by atoms with E-state index in [1.54, 1.807) is 12.1 Å². The number of nitrogens with one attached hydrogen (secondary N) is 3. The first-order chi connectivity index (χ1) is 15.7. The zero-order chi connectivity index (χ0) is 23.8. The number of carbonyl (C=O) groups is 1. The molecule has 0 radical (unpaired) electrons. The quantitative estimate of drug-likeness (QED) is 0.523. The van der Waals surface area contributed by atoms with Crippen LogP contribution in [-0.4, -0.2) is 25.4 Å². The second-order valence-electron chi connectivity index (χ2n) is 9.01. The van der Waals surface area contributed by atoms with E-state index in [9.17, 15) is 18.0 Å². The topological polar surface area (TPSA) is 108 Å². The van der Waals surface area contributed by atoms with Crippen LogP contribution in [-0.2, 0) is 10.0 Å². The third kappa shape index (κ3) is 4.66. The lowest BCUT2D eigenvalue weighted by atomic mass is 9.78. The van der Waals surface area contributed by atoms with Crippen molar-refractivity contribution in [3.63, 3.8) is 0 Å². The lowest BCUT2D eigenvalue weighted by molar-refractivity contribution is 0.0890. The Kier molecular flexibility index (Phi) is 6.30. The molecule has 0 bridgehead atoms. The largest absolute Gasteiger partial charge is 0.360 e. The molecule has 0 spiro atoms. The van der Waals surface area contributed by atoms with Crippen LogP contribution in [0.25, 0.3) is 10.9 Å². The van der Waals surface area contributed by atoms with Gasteiger partial charge in [0.15, 0.2) is 0 Å². The summed E-state index contributed by atoms with van der Waals surface area (Å²) in [5, 5.41) is 3.17. The van der Waals surface area contributed by atoms with Crippen molar-refractivity contribution in [3.8, 4) is 0 Å². The van der Waals surface area contributed by atoms with Gasteiger partial charge in [0, 0.05) is 23.1 Å². The molecule has 0 aliphatic heterocycles. The number of aromatic nitrogens is 1. The number of para-hydroxylation sites is 1.